The lowest BCUT2D eigenvalue weighted by Crippen LogP contribution is -2.22. The van der Waals surface area contributed by atoms with E-state index < -0.39 is 26.8 Å². The van der Waals surface area contributed by atoms with Crippen molar-refractivity contribution in [3.63, 3.8) is 0 Å². The van der Waals surface area contributed by atoms with Crippen LogP contribution in [0.3, 0.4) is 0 Å². The molecular formula is C20H13NO5S. The van der Waals surface area contributed by atoms with Gasteiger partial charge < -0.3 is 0 Å². The summed E-state index contributed by atoms with van der Waals surface area (Å²) in [5, 5.41) is 2.12. The van der Waals surface area contributed by atoms with Gasteiger partial charge in [0.2, 0.25) is 0 Å². The molecule has 0 aromatic heterocycles. The maximum atomic E-state index is 12.3. The predicted molar refractivity (Wildman–Crippen MR) is 98.0 cm³/mol. The van der Waals surface area contributed by atoms with Gasteiger partial charge in [-0.1, -0.05) is 36.1 Å². The van der Waals surface area contributed by atoms with Crippen molar-refractivity contribution >= 4 is 27.5 Å². The van der Waals surface area contributed by atoms with E-state index in [0.29, 0.717) is 24.0 Å². The molecule has 2 aromatic carbocycles. The SMILES string of the molecule is O=C1C=C(c2c(S(=O)(=O)O)ccc3c2-c2ccccc2CCC#C3)C(=O)N1. The quantitative estimate of drug-likeness (QED) is 0.472. The Hall–Kier alpha value is -3.21. The van der Waals surface area contributed by atoms with Gasteiger partial charge in [0.1, 0.15) is 4.90 Å². The smallest absolute Gasteiger partial charge is 0.289 e. The van der Waals surface area contributed by atoms with Crippen molar-refractivity contribution in [1.82, 2.24) is 5.32 Å². The van der Waals surface area contributed by atoms with E-state index in [1.165, 1.54) is 12.1 Å². The fraction of sp³-hybridized carbons (Fsp3) is 0.100. The van der Waals surface area contributed by atoms with Crippen molar-refractivity contribution in [3.8, 4) is 23.0 Å². The first-order valence-corrected chi connectivity index (χ1v) is 9.59. The third-order valence-electron chi connectivity index (χ3n) is 4.50. The maximum absolute atomic E-state index is 12.3. The second kappa shape index (κ2) is 6.20. The number of amides is 2. The number of nitrogens with one attached hydrogen (secondary N) is 1. The number of carbonyl (C=O) groups is 2. The first-order valence-electron chi connectivity index (χ1n) is 8.15. The summed E-state index contributed by atoms with van der Waals surface area (Å²) in [5.41, 5.74) is 2.48. The van der Waals surface area contributed by atoms with Crippen molar-refractivity contribution in [2.75, 3.05) is 0 Å². The summed E-state index contributed by atoms with van der Waals surface area (Å²) in [6.07, 6.45) is 2.33. The highest BCUT2D eigenvalue weighted by Crippen LogP contribution is 2.40. The Balaban J connectivity index is 2.18. The van der Waals surface area contributed by atoms with Gasteiger partial charge in [0.05, 0.1) is 5.57 Å². The average Bonchev–Trinajstić information content (AvgIpc) is 2.93. The normalized spacial score (nSPS) is 15.5. The topological polar surface area (TPSA) is 101 Å². The fourth-order valence-electron chi connectivity index (χ4n) is 3.38. The highest BCUT2D eigenvalue weighted by molar-refractivity contribution is 7.86. The zero-order valence-corrected chi connectivity index (χ0v) is 14.8. The lowest BCUT2D eigenvalue weighted by atomic mass is 9.86. The van der Waals surface area contributed by atoms with Gasteiger partial charge in [0.15, 0.2) is 0 Å². The zero-order valence-electron chi connectivity index (χ0n) is 13.9. The highest BCUT2D eigenvalue weighted by atomic mass is 32.2. The Morgan fingerprint density at radius 1 is 1.04 bits per heavy atom. The van der Waals surface area contributed by atoms with Crippen LogP contribution in [0.1, 0.15) is 23.1 Å². The van der Waals surface area contributed by atoms with Crippen molar-refractivity contribution in [2.24, 2.45) is 0 Å². The second-order valence-electron chi connectivity index (χ2n) is 6.17. The van der Waals surface area contributed by atoms with E-state index in [-0.39, 0.29) is 11.1 Å². The van der Waals surface area contributed by atoms with Gasteiger partial charge in [0, 0.05) is 29.2 Å². The molecule has 2 amide bonds. The summed E-state index contributed by atoms with van der Waals surface area (Å²) >= 11 is 0. The number of benzene rings is 2. The molecule has 0 saturated carbocycles. The molecule has 27 heavy (non-hydrogen) atoms. The molecule has 0 bridgehead atoms. The van der Waals surface area contributed by atoms with E-state index in [2.05, 4.69) is 17.2 Å². The van der Waals surface area contributed by atoms with E-state index in [1.54, 1.807) is 6.07 Å². The van der Waals surface area contributed by atoms with Gasteiger partial charge in [-0.2, -0.15) is 8.42 Å². The number of rotatable bonds is 2. The first-order chi connectivity index (χ1) is 12.9. The molecule has 1 aliphatic heterocycles. The molecule has 4 rings (SSSR count). The van der Waals surface area contributed by atoms with Crippen LogP contribution in [0.5, 0.6) is 0 Å². The Labute approximate surface area is 155 Å². The van der Waals surface area contributed by atoms with Gasteiger partial charge in [-0.15, -0.1) is 0 Å². The van der Waals surface area contributed by atoms with Crippen LogP contribution in [0.2, 0.25) is 0 Å². The average molecular weight is 379 g/mol. The fourth-order valence-corrected chi connectivity index (χ4v) is 4.09. The van der Waals surface area contributed by atoms with Crippen LogP contribution >= 0.6 is 0 Å². The molecule has 0 saturated heterocycles. The number of carbonyl (C=O) groups excluding carboxylic acids is 2. The van der Waals surface area contributed by atoms with E-state index in [9.17, 15) is 22.6 Å². The molecule has 0 fully saturated rings. The molecule has 6 nitrogen and oxygen atoms in total. The van der Waals surface area contributed by atoms with Crippen molar-refractivity contribution in [1.29, 1.82) is 0 Å². The van der Waals surface area contributed by atoms with Crippen LogP contribution in [-0.4, -0.2) is 24.8 Å². The van der Waals surface area contributed by atoms with Crippen LogP contribution in [-0.2, 0) is 26.1 Å². The number of aryl methyl sites for hydroxylation is 1. The molecule has 0 atom stereocenters. The molecule has 2 aromatic rings. The minimum atomic E-state index is -4.65. The summed E-state index contributed by atoms with van der Waals surface area (Å²) < 4.78 is 33.8. The minimum absolute atomic E-state index is 0.0120. The van der Waals surface area contributed by atoms with Crippen molar-refractivity contribution < 1.29 is 22.6 Å². The minimum Gasteiger partial charge on any atom is -0.289 e. The predicted octanol–water partition coefficient (Wildman–Crippen LogP) is 1.94. The number of fused-ring (bicyclic) bond motifs is 3. The van der Waals surface area contributed by atoms with E-state index in [4.69, 9.17) is 0 Å². The lowest BCUT2D eigenvalue weighted by Gasteiger charge is -2.19. The monoisotopic (exact) mass is 379 g/mol. The molecule has 0 spiro atoms. The van der Waals surface area contributed by atoms with Crippen molar-refractivity contribution in [3.05, 3.63) is 59.2 Å². The number of hydrogen-bond donors (Lipinski definition) is 2. The summed E-state index contributed by atoms with van der Waals surface area (Å²) in [7, 11) is -4.65. The third-order valence-corrected chi connectivity index (χ3v) is 5.40. The van der Waals surface area contributed by atoms with E-state index >= 15 is 0 Å². The first kappa shape index (κ1) is 17.2. The second-order valence-corrected chi connectivity index (χ2v) is 7.56. The summed E-state index contributed by atoms with van der Waals surface area (Å²) in [5.74, 6) is 4.68. The Bertz CT molecular complexity index is 1210. The number of imide groups is 1. The molecule has 7 heteroatoms. The highest BCUT2D eigenvalue weighted by Gasteiger charge is 2.32. The summed E-state index contributed by atoms with van der Waals surface area (Å²) in [6.45, 7) is 0. The van der Waals surface area contributed by atoms with Crippen molar-refractivity contribution in [2.45, 2.75) is 17.7 Å². The Morgan fingerprint density at radius 2 is 1.81 bits per heavy atom. The molecule has 134 valence electrons. The maximum Gasteiger partial charge on any atom is 0.295 e. The molecule has 0 unspecified atom stereocenters. The van der Waals surface area contributed by atoms with Gasteiger partial charge in [-0.05, 0) is 29.7 Å². The van der Waals surface area contributed by atoms with E-state index in [1.807, 2.05) is 18.2 Å². The molecule has 1 aliphatic carbocycles. The van der Waals surface area contributed by atoms with Gasteiger partial charge in [-0.25, -0.2) is 0 Å². The lowest BCUT2D eigenvalue weighted by molar-refractivity contribution is -0.123. The summed E-state index contributed by atoms with van der Waals surface area (Å²) in [6, 6.07) is 10.1. The largest absolute Gasteiger partial charge is 0.295 e. The van der Waals surface area contributed by atoms with Crippen LogP contribution in [0.15, 0.2) is 47.4 Å². The van der Waals surface area contributed by atoms with Crippen LogP contribution in [0, 0.1) is 11.8 Å². The standard InChI is InChI=1S/C20H13NO5S/c22-17-11-15(20(23)21-17)19-16(27(24,25)26)10-9-13-7-2-1-5-12-6-3-4-8-14(12)18(13)19/h3-4,6,8-11H,1,5H2,(H,21,22,23)(H,24,25,26). The third kappa shape index (κ3) is 2.95. The Morgan fingerprint density at radius 3 is 2.52 bits per heavy atom. The zero-order chi connectivity index (χ0) is 19.2. The molecule has 2 N–H and O–H groups in total. The molecule has 2 aliphatic rings. The van der Waals surface area contributed by atoms with Crippen LogP contribution < -0.4 is 5.32 Å². The van der Waals surface area contributed by atoms with Gasteiger partial charge >= 0.3 is 0 Å². The van der Waals surface area contributed by atoms with E-state index in [0.717, 1.165) is 17.2 Å². The van der Waals surface area contributed by atoms with Gasteiger partial charge in [0.25, 0.3) is 21.9 Å². The number of hydrogen-bond acceptors (Lipinski definition) is 4. The van der Waals surface area contributed by atoms with Crippen LogP contribution in [0.4, 0.5) is 0 Å². The van der Waals surface area contributed by atoms with Crippen LogP contribution in [0.25, 0.3) is 16.7 Å². The Kier molecular flexibility index (Phi) is 3.95. The molecular weight excluding hydrogens is 366 g/mol. The molecule has 1 heterocycles. The van der Waals surface area contributed by atoms with Gasteiger partial charge in [-0.3, -0.25) is 19.5 Å². The summed E-state index contributed by atoms with van der Waals surface area (Å²) in [4.78, 5) is 23.6. The molecule has 0 radical (unpaired) electrons.